The summed E-state index contributed by atoms with van der Waals surface area (Å²) in [6, 6.07) is 5.40. The lowest BCUT2D eigenvalue weighted by Gasteiger charge is -2.08. The van der Waals surface area contributed by atoms with Crippen LogP contribution in [-0.4, -0.2) is 19.7 Å². The Bertz CT molecular complexity index is 466. The molecule has 90 valence electrons. The summed E-state index contributed by atoms with van der Waals surface area (Å²) in [4.78, 5) is 11.3. The van der Waals surface area contributed by atoms with Gasteiger partial charge in [-0.3, -0.25) is 4.79 Å². The van der Waals surface area contributed by atoms with Gasteiger partial charge in [-0.05, 0) is 40.5 Å². The molecule has 0 N–H and O–H groups in total. The van der Waals surface area contributed by atoms with Crippen LogP contribution in [-0.2, 0) is 16.0 Å². The van der Waals surface area contributed by atoms with E-state index in [2.05, 4.69) is 15.9 Å². The van der Waals surface area contributed by atoms with Gasteiger partial charge in [0.15, 0.2) is 5.75 Å². The van der Waals surface area contributed by atoms with E-state index in [0.717, 1.165) is 0 Å². The van der Waals surface area contributed by atoms with Crippen LogP contribution in [0.15, 0.2) is 16.6 Å². The molecule has 5 heteroatoms. The lowest BCUT2D eigenvalue weighted by Crippen LogP contribution is -2.08. The molecule has 0 saturated heterocycles. The van der Waals surface area contributed by atoms with E-state index in [1.54, 1.807) is 19.1 Å². The molecule has 0 atom stereocenters. The van der Waals surface area contributed by atoms with Crippen molar-refractivity contribution in [2.45, 2.75) is 13.3 Å². The topological polar surface area (TPSA) is 59.3 Å². The van der Waals surface area contributed by atoms with Gasteiger partial charge in [0.25, 0.3) is 0 Å². The van der Waals surface area contributed by atoms with E-state index < -0.39 is 0 Å². The van der Waals surface area contributed by atoms with Crippen molar-refractivity contribution in [2.24, 2.45) is 0 Å². The highest BCUT2D eigenvalue weighted by atomic mass is 79.9. The number of nitriles is 1. The maximum Gasteiger partial charge on any atom is 0.310 e. The SMILES string of the molecule is CCOC(=O)Cc1cc(Br)c(OC)c(C#N)c1. The number of carbonyl (C=O) groups is 1. The van der Waals surface area contributed by atoms with Crippen LogP contribution in [0.3, 0.4) is 0 Å². The first-order valence-corrected chi connectivity index (χ1v) is 5.83. The monoisotopic (exact) mass is 297 g/mol. The number of halogens is 1. The van der Waals surface area contributed by atoms with Gasteiger partial charge in [-0.1, -0.05) is 0 Å². The molecule has 0 heterocycles. The summed E-state index contributed by atoms with van der Waals surface area (Å²) in [6.45, 7) is 2.10. The Labute approximate surface area is 108 Å². The normalized spacial score (nSPS) is 9.53. The highest BCUT2D eigenvalue weighted by Gasteiger charge is 2.12. The van der Waals surface area contributed by atoms with Crippen LogP contribution in [0.5, 0.6) is 5.75 Å². The van der Waals surface area contributed by atoms with E-state index in [1.807, 2.05) is 6.07 Å². The molecular formula is C12H12BrNO3. The minimum atomic E-state index is -0.312. The van der Waals surface area contributed by atoms with Gasteiger partial charge in [0.2, 0.25) is 0 Å². The number of hydrogen-bond acceptors (Lipinski definition) is 4. The second-order valence-electron chi connectivity index (χ2n) is 3.25. The summed E-state index contributed by atoms with van der Waals surface area (Å²) in [5, 5.41) is 8.97. The molecule has 0 fully saturated rings. The molecule has 0 spiro atoms. The Morgan fingerprint density at radius 1 is 1.53 bits per heavy atom. The smallest absolute Gasteiger partial charge is 0.310 e. The fourth-order valence-corrected chi connectivity index (χ4v) is 2.09. The maximum atomic E-state index is 11.3. The van der Waals surface area contributed by atoms with Gasteiger partial charge >= 0.3 is 5.97 Å². The van der Waals surface area contributed by atoms with E-state index in [4.69, 9.17) is 14.7 Å². The van der Waals surface area contributed by atoms with Gasteiger partial charge in [-0.15, -0.1) is 0 Å². The van der Waals surface area contributed by atoms with Gasteiger partial charge in [-0.2, -0.15) is 5.26 Å². The van der Waals surface area contributed by atoms with Crippen molar-refractivity contribution >= 4 is 21.9 Å². The summed E-state index contributed by atoms with van der Waals surface area (Å²) >= 11 is 3.30. The largest absolute Gasteiger partial charge is 0.494 e. The number of carbonyl (C=O) groups excluding carboxylic acids is 1. The fourth-order valence-electron chi connectivity index (χ4n) is 1.42. The standard InChI is InChI=1S/C12H12BrNO3/c1-3-17-11(15)6-8-4-9(7-14)12(16-2)10(13)5-8/h4-5H,3,6H2,1-2H3. The lowest BCUT2D eigenvalue weighted by atomic mass is 10.1. The molecule has 1 rings (SSSR count). The van der Waals surface area contributed by atoms with E-state index in [-0.39, 0.29) is 12.4 Å². The van der Waals surface area contributed by atoms with E-state index in [1.165, 1.54) is 7.11 Å². The Morgan fingerprint density at radius 2 is 2.24 bits per heavy atom. The van der Waals surface area contributed by atoms with Crippen LogP contribution in [0.2, 0.25) is 0 Å². The first-order chi connectivity index (χ1) is 8.12. The second-order valence-corrected chi connectivity index (χ2v) is 4.11. The van der Waals surface area contributed by atoms with E-state index in [9.17, 15) is 4.79 Å². The predicted molar refractivity (Wildman–Crippen MR) is 65.7 cm³/mol. The summed E-state index contributed by atoms with van der Waals surface area (Å²) in [6.07, 6.45) is 0.144. The van der Waals surface area contributed by atoms with Crippen LogP contribution >= 0.6 is 15.9 Å². The average Bonchev–Trinajstić information content (AvgIpc) is 2.28. The molecule has 0 aromatic heterocycles. The summed E-state index contributed by atoms with van der Waals surface area (Å²) in [5.41, 5.74) is 1.11. The quantitative estimate of drug-likeness (QED) is 0.801. The molecule has 0 unspecified atom stereocenters. The zero-order valence-electron chi connectivity index (χ0n) is 9.62. The number of ether oxygens (including phenoxy) is 2. The predicted octanol–water partition coefficient (Wildman–Crippen LogP) is 2.43. The van der Waals surface area contributed by atoms with Crippen molar-refractivity contribution in [2.75, 3.05) is 13.7 Å². The molecule has 0 bridgehead atoms. The Balaban J connectivity index is 3.00. The number of benzene rings is 1. The summed E-state index contributed by atoms with van der Waals surface area (Å²) in [5.74, 6) is 0.161. The van der Waals surface area contributed by atoms with Gasteiger partial charge < -0.3 is 9.47 Å². The Morgan fingerprint density at radius 3 is 2.76 bits per heavy atom. The highest BCUT2D eigenvalue weighted by Crippen LogP contribution is 2.30. The summed E-state index contributed by atoms with van der Waals surface area (Å²) < 4.78 is 10.6. The van der Waals surface area contributed by atoms with Crippen LogP contribution in [0.1, 0.15) is 18.1 Å². The molecule has 0 aliphatic rings. The van der Waals surface area contributed by atoms with Crippen LogP contribution in [0.4, 0.5) is 0 Å². The maximum absolute atomic E-state index is 11.3. The molecular weight excluding hydrogens is 286 g/mol. The molecule has 17 heavy (non-hydrogen) atoms. The molecule has 4 nitrogen and oxygen atoms in total. The van der Waals surface area contributed by atoms with Gasteiger partial charge in [0.1, 0.15) is 6.07 Å². The third-order valence-electron chi connectivity index (χ3n) is 2.08. The molecule has 1 aromatic rings. The first-order valence-electron chi connectivity index (χ1n) is 5.04. The minimum absolute atomic E-state index is 0.144. The van der Waals surface area contributed by atoms with Crippen LogP contribution < -0.4 is 4.74 Å². The minimum Gasteiger partial charge on any atom is -0.494 e. The average molecular weight is 298 g/mol. The van der Waals surface area contributed by atoms with Crippen molar-refractivity contribution in [1.82, 2.24) is 0 Å². The zero-order chi connectivity index (χ0) is 12.8. The van der Waals surface area contributed by atoms with Gasteiger partial charge in [0.05, 0.1) is 30.2 Å². The van der Waals surface area contributed by atoms with Crippen molar-refractivity contribution in [3.05, 3.63) is 27.7 Å². The van der Waals surface area contributed by atoms with Crippen molar-refractivity contribution in [3.8, 4) is 11.8 Å². The zero-order valence-corrected chi connectivity index (χ0v) is 11.2. The van der Waals surface area contributed by atoms with Crippen molar-refractivity contribution in [3.63, 3.8) is 0 Å². The molecule has 1 aromatic carbocycles. The third kappa shape index (κ3) is 3.46. The number of rotatable bonds is 4. The highest BCUT2D eigenvalue weighted by molar-refractivity contribution is 9.10. The van der Waals surface area contributed by atoms with Gasteiger partial charge in [-0.25, -0.2) is 0 Å². The van der Waals surface area contributed by atoms with Crippen LogP contribution in [0, 0.1) is 11.3 Å². The third-order valence-corrected chi connectivity index (χ3v) is 2.67. The van der Waals surface area contributed by atoms with Crippen LogP contribution in [0.25, 0.3) is 0 Å². The lowest BCUT2D eigenvalue weighted by molar-refractivity contribution is -0.142. The Kier molecular flexibility index (Phi) is 4.98. The number of hydrogen-bond donors (Lipinski definition) is 0. The van der Waals surface area contributed by atoms with E-state index >= 15 is 0 Å². The second kappa shape index (κ2) is 6.26. The molecule has 0 aliphatic heterocycles. The van der Waals surface area contributed by atoms with Crippen molar-refractivity contribution < 1.29 is 14.3 Å². The first kappa shape index (κ1) is 13.5. The molecule has 0 radical (unpaired) electrons. The summed E-state index contributed by atoms with van der Waals surface area (Å²) in [7, 11) is 1.49. The van der Waals surface area contributed by atoms with Gasteiger partial charge in [0, 0.05) is 0 Å². The molecule has 0 aliphatic carbocycles. The fraction of sp³-hybridized carbons (Fsp3) is 0.333. The van der Waals surface area contributed by atoms with Crippen molar-refractivity contribution in [1.29, 1.82) is 5.26 Å². The van der Waals surface area contributed by atoms with E-state index in [0.29, 0.717) is 28.0 Å². The number of nitrogens with zero attached hydrogens (tertiary/aromatic N) is 1. The molecule has 0 amide bonds. The molecule has 0 saturated carbocycles. The number of esters is 1. The number of methoxy groups -OCH3 is 1. The Hall–Kier alpha value is -1.54.